The molecule has 17 heteroatoms. The molecule has 4 unspecified atom stereocenters. The van der Waals surface area contributed by atoms with Gasteiger partial charge in [-0.15, -0.1) is 0 Å². The first kappa shape index (κ1) is 36.2. The molecule has 5 heterocycles. The van der Waals surface area contributed by atoms with E-state index in [1.807, 2.05) is 6.07 Å². The van der Waals surface area contributed by atoms with Gasteiger partial charge in [0, 0.05) is 68.8 Å². The van der Waals surface area contributed by atoms with Crippen LogP contribution in [-0.4, -0.2) is 100.0 Å². The van der Waals surface area contributed by atoms with E-state index in [4.69, 9.17) is 6.57 Å². The predicted octanol–water partition coefficient (Wildman–Crippen LogP) is 4.02. The highest BCUT2D eigenvalue weighted by Crippen LogP contribution is 2.44. The van der Waals surface area contributed by atoms with Crippen LogP contribution in [0.3, 0.4) is 0 Å². The van der Waals surface area contributed by atoms with Gasteiger partial charge in [-0.25, -0.2) is 4.85 Å². The number of imide groups is 2. The molecular weight excluding hydrogens is 719 g/mol. The minimum absolute atomic E-state index is 0.0638. The number of nitrogens with one attached hydrogen (secondary N) is 2. The lowest BCUT2D eigenvalue weighted by Gasteiger charge is -2.43. The molecule has 1 aromatic heterocycles. The molecule has 5 aliphatic rings. The molecule has 1 saturated carbocycles. The standard InChI is InChI=1S/C38H38F3N9O5/c1-37(2,36(55)44-22-4-7-29(42-3)28(15-22)38(39,40)41)49-20-25(18-43-49)48-19-21-14-24(48)17-31(21)47-12-10-46(11-13-47)23-5-6-26-27(16-23)35(54)50(34(26)53)30-8-9-32(51)45-33(30)52/h4-7,15-16,18,20-21,24,30-31H,8-14,17,19H2,1-2H3,(H,44,55)(H,45,51,52). The molecule has 14 nitrogen and oxygen atoms in total. The van der Waals surface area contributed by atoms with Crippen molar-refractivity contribution < 1.29 is 37.1 Å². The molecule has 2 aromatic carbocycles. The molecule has 0 spiro atoms. The van der Waals surface area contributed by atoms with Crippen molar-refractivity contribution in [2.24, 2.45) is 5.92 Å². The van der Waals surface area contributed by atoms with Crippen molar-refractivity contribution in [2.75, 3.05) is 47.8 Å². The van der Waals surface area contributed by atoms with Crippen LogP contribution in [0.1, 0.15) is 65.8 Å². The number of carbonyl (C=O) groups excluding carboxylic acids is 5. The van der Waals surface area contributed by atoms with E-state index in [0.717, 1.165) is 74.0 Å². The van der Waals surface area contributed by atoms with Crippen molar-refractivity contribution >= 4 is 52.3 Å². The Morgan fingerprint density at radius 1 is 0.964 bits per heavy atom. The number of halogens is 3. The van der Waals surface area contributed by atoms with Crippen LogP contribution in [0.2, 0.25) is 0 Å². The van der Waals surface area contributed by atoms with E-state index in [0.29, 0.717) is 12.0 Å². The highest BCUT2D eigenvalue weighted by molar-refractivity contribution is 6.23. The smallest absolute Gasteiger partial charge is 0.369 e. The topological polar surface area (TPSA) is 145 Å². The minimum atomic E-state index is -4.74. The van der Waals surface area contributed by atoms with Gasteiger partial charge in [-0.3, -0.25) is 43.8 Å². The van der Waals surface area contributed by atoms with Crippen LogP contribution in [0.25, 0.3) is 4.85 Å². The Balaban J connectivity index is 0.866. The Kier molecular flexibility index (Phi) is 8.71. The molecule has 286 valence electrons. The fraction of sp³-hybridized carbons (Fsp3) is 0.447. The number of amides is 5. The average molecular weight is 758 g/mol. The summed E-state index contributed by atoms with van der Waals surface area (Å²) in [6.45, 7) is 14.3. The van der Waals surface area contributed by atoms with Gasteiger partial charge in [-0.1, -0.05) is 6.07 Å². The van der Waals surface area contributed by atoms with Crippen LogP contribution in [-0.2, 0) is 26.1 Å². The quantitative estimate of drug-likeness (QED) is 0.270. The molecule has 0 radical (unpaired) electrons. The van der Waals surface area contributed by atoms with Gasteiger partial charge in [0.05, 0.1) is 35.1 Å². The molecule has 55 heavy (non-hydrogen) atoms. The summed E-state index contributed by atoms with van der Waals surface area (Å²) in [7, 11) is 0. The van der Waals surface area contributed by atoms with Crippen LogP contribution in [0.5, 0.6) is 0 Å². The van der Waals surface area contributed by atoms with Gasteiger partial charge < -0.3 is 15.1 Å². The molecule has 3 saturated heterocycles. The summed E-state index contributed by atoms with van der Waals surface area (Å²) >= 11 is 0. The molecule has 5 amide bonds. The number of aromatic nitrogens is 2. The van der Waals surface area contributed by atoms with Crippen LogP contribution in [0, 0.1) is 12.5 Å². The second-order valence-corrected chi connectivity index (χ2v) is 15.3. The van der Waals surface area contributed by atoms with Gasteiger partial charge >= 0.3 is 6.18 Å². The van der Waals surface area contributed by atoms with Gasteiger partial charge in [0.15, 0.2) is 5.69 Å². The molecular formula is C38H38F3N9O5. The summed E-state index contributed by atoms with van der Waals surface area (Å²) in [6, 6.07) is 7.99. The number of piperazine rings is 1. The predicted molar refractivity (Wildman–Crippen MR) is 192 cm³/mol. The number of carbonyl (C=O) groups is 5. The van der Waals surface area contributed by atoms with E-state index in [2.05, 4.69) is 35.3 Å². The van der Waals surface area contributed by atoms with Crippen molar-refractivity contribution in [3.05, 3.63) is 76.9 Å². The molecule has 8 rings (SSSR count). The summed E-state index contributed by atoms with van der Waals surface area (Å²) in [5.74, 6) is -2.22. The second kappa shape index (κ2) is 13.2. The van der Waals surface area contributed by atoms with Gasteiger partial charge in [-0.2, -0.15) is 18.3 Å². The Hall–Kier alpha value is -5.76. The number of benzene rings is 2. The molecule has 1 aliphatic carbocycles. The Bertz CT molecular complexity index is 2170. The lowest BCUT2D eigenvalue weighted by molar-refractivity contribution is -0.137. The van der Waals surface area contributed by atoms with Crippen LogP contribution >= 0.6 is 0 Å². The SMILES string of the molecule is [C-]#[N+]c1ccc(NC(=O)C(C)(C)n2cc(N3CC4CC3CC4N3CCN(c4ccc5c(c4)C(=O)N(C4CCC(=O)NC4=O)C5=O)CC3)cn2)cc1C(F)(F)F. The van der Waals surface area contributed by atoms with Crippen LogP contribution in [0.4, 0.5) is 35.9 Å². The van der Waals surface area contributed by atoms with E-state index in [1.54, 1.807) is 38.4 Å². The zero-order valence-corrected chi connectivity index (χ0v) is 30.1. The Labute approximate surface area is 314 Å². The Morgan fingerprint density at radius 3 is 2.38 bits per heavy atom. The number of alkyl halides is 3. The lowest BCUT2D eigenvalue weighted by Crippen LogP contribution is -2.54. The van der Waals surface area contributed by atoms with E-state index < -0.39 is 58.5 Å². The summed E-state index contributed by atoms with van der Waals surface area (Å²) in [5, 5.41) is 9.26. The first-order valence-electron chi connectivity index (χ1n) is 18.2. The highest BCUT2D eigenvalue weighted by atomic mass is 19.4. The average Bonchev–Trinajstić information content (AvgIpc) is 3.96. The number of nitrogens with zero attached hydrogens (tertiary/aromatic N) is 7. The third-order valence-corrected chi connectivity index (χ3v) is 11.8. The van der Waals surface area contributed by atoms with Crippen molar-refractivity contribution in [1.82, 2.24) is 24.9 Å². The van der Waals surface area contributed by atoms with Gasteiger partial charge in [0.2, 0.25) is 11.8 Å². The number of anilines is 3. The molecule has 4 atom stereocenters. The third kappa shape index (κ3) is 6.27. The first-order valence-corrected chi connectivity index (χ1v) is 18.2. The summed E-state index contributed by atoms with van der Waals surface area (Å²) in [5.41, 5.74) is -0.714. The maximum Gasteiger partial charge on any atom is 0.407 e. The van der Waals surface area contributed by atoms with Crippen molar-refractivity contribution in [2.45, 2.75) is 69.4 Å². The Morgan fingerprint density at radius 2 is 1.71 bits per heavy atom. The molecule has 4 fully saturated rings. The van der Waals surface area contributed by atoms with E-state index >= 15 is 0 Å². The monoisotopic (exact) mass is 757 g/mol. The number of fused-ring (bicyclic) bond motifs is 3. The van der Waals surface area contributed by atoms with E-state index in [-0.39, 0.29) is 35.7 Å². The number of rotatable bonds is 7. The van der Waals surface area contributed by atoms with Gasteiger partial charge in [0.25, 0.3) is 17.7 Å². The van der Waals surface area contributed by atoms with E-state index in [1.165, 1.54) is 10.7 Å². The molecule has 2 bridgehead atoms. The van der Waals surface area contributed by atoms with Crippen molar-refractivity contribution in [3.63, 3.8) is 0 Å². The number of piperidine rings is 2. The zero-order chi connectivity index (χ0) is 39.0. The molecule has 3 aromatic rings. The van der Waals surface area contributed by atoms with Crippen molar-refractivity contribution in [1.29, 1.82) is 0 Å². The van der Waals surface area contributed by atoms with Gasteiger partial charge in [-0.05, 0) is 69.4 Å². The maximum atomic E-state index is 13.5. The maximum absolute atomic E-state index is 13.5. The van der Waals surface area contributed by atoms with E-state index in [9.17, 15) is 37.1 Å². The van der Waals surface area contributed by atoms with Crippen LogP contribution in [0.15, 0.2) is 48.8 Å². The normalized spacial score (nSPS) is 24.3. The first-order chi connectivity index (χ1) is 26.1. The minimum Gasteiger partial charge on any atom is -0.369 e. The fourth-order valence-corrected chi connectivity index (χ4v) is 8.75. The second-order valence-electron chi connectivity index (χ2n) is 15.3. The largest absolute Gasteiger partial charge is 0.407 e. The fourth-order valence-electron chi connectivity index (χ4n) is 8.75. The van der Waals surface area contributed by atoms with Crippen LogP contribution < -0.4 is 20.4 Å². The molecule has 4 aliphatic heterocycles. The summed E-state index contributed by atoms with van der Waals surface area (Å²) < 4.78 is 42.0. The van der Waals surface area contributed by atoms with Crippen molar-refractivity contribution in [3.8, 4) is 0 Å². The number of hydrogen-bond donors (Lipinski definition) is 2. The third-order valence-electron chi connectivity index (χ3n) is 11.8. The zero-order valence-electron chi connectivity index (χ0n) is 30.1. The highest BCUT2D eigenvalue weighted by Gasteiger charge is 2.48. The summed E-state index contributed by atoms with van der Waals surface area (Å²) in [6.07, 6.45) is 0.936. The lowest BCUT2D eigenvalue weighted by atomic mass is 9.99. The number of hydrogen-bond acceptors (Lipinski definition) is 9. The summed E-state index contributed by atoms with van der Waals surface area (Å²) in [4.78, 5) is 74.8. The van der Waals surface area contributed by atoms with Gasteiger partial charge in [0.1, 0.15) is 11.6 Å². The molecule has 2 N–H and O–H groups in total.